The molecular formula is C12H15FN2O. The minimum Gasteiger partial charge on any atom is -0.341 e. The van der Waals surface area contributed by atoms with Crippen LogP contribution in [-0.4, -0.2) is 30.9 Å². The van der Waals surface area contributed by atoms with E-state index in [4.69, 9.17) is 5.73 Å². The first-order valence-corrected chi connectivity index (χ1v) is 5.02. The number of nitrogens with zero attached hydrogens (tertiary/aromatic N) is 1. The van der Waals surface area contributed by atoms with Crippen LogP contribution < -0.4 is 5.73 Å². The molecule has 0 atom stereocenters. The highest BCUT2D eigenvalue weighted by Gasteiger charge is 2.02. The lowest BCUT2D eigenvalue weighted by Gasteiger charge is -2.12. The van der Waals surface area contributed by atoms with Crippen LogP contribution in [0.1, 0.15) is 5.56 Å². The highest BCUT2D eigenvalue weighted by atomic mass is 19.1. The van der Waals surface area contributed by atoms with Crippen molar-refractivity contribution in [3.63, 3.8) is 0 Å². The SMILES string of the molecule is CN(CCN)C(=O)C=Cc1ccc(F)cc1. The van der Waals surface area contributed by atoms with E-state index in [2.05, 4.69) is 0 Å². The molecule has 0 aliphatic heterocycles. The molecule has 16 heavy (non-hydrogen) atoms. The number of halogens is 1. The van der Waals surface area contributed by atoms with Gasteiger partial charge in [0.2, 0.25) is 5.91 Å². The predicted octanol–water partition coefficient (Wildman–Crippen LogP) is 1.26. The molecule has 0 fully saturated rings. The van der Waals surface area contributed by atoms with Crippen LogP contribution in [0, 0.1) is 5.82 Å². The number of nitrogens with two attached hydrogens (primary N) is 1. The number of hydrogen-bond donors (Lipinski definition) is 1. The van der Waals surface area contributed by atoms with E-state index in [1.807, 2.05) is 0 Å². The van der Waals surface area contributed by atoms with Gasteiger partial charge in [-0.3, -0.25) is 4.79 Å². The molecule has 0 saturated heterocycles. The van der Waals surface area contributed by atoms with E-state index in [0.717, 1.165) is 5.56 Å². The van der Waals surface area contributed by atoms with Crippen molar-refractivity contribution in [3.8, 4) is 0 Å². The molecule has 0 aliphatic carbocycles. The second-order valence-corrected chi connectivity index (χ2v) is 3.43. The molecule has 0 unspecified atom stereocenters. The van der Waals surface area contributed by atoms with E-state index in [1.54, 1.807) is 25.3 Å². The number of carbonyl (C=O) groups excluding carboxylic acids is 1. The molecule has 0 heterocycles. The fraction of sp³-hybridized carbons (Fsp3) is 0.250. The molecule has 1 aromatic rings. The van der Waals surface area contributed by atoms with Gasteiger partial charge in [0.1, 0.15) is 5.82 Å². The number of benzene rings is 1. The molecule has 3 nitrogen and oxygen atoms in total. The Bertz CT molecular complexity index is 373. The average Bonchev–Trinajstić information content (AvgIpc) is 2.28. The largest absolute Gasteiger partial charge is 0.341 e. The molecule has 0 aromatic heterocycles. The smallest absolute Gasteiger partial charge is 0.246 e. The Morgan fingerprint density at radius 2 is 2.06 bits per heavy atom. The summed E-state index contributed by atoms with van der Waals surface area (Å²) in [4.78, 5) is 13.0. The lowest BCUT2D eigenvalue weighted by molar-refractivity contribution is -0.124. The van der Waals surface area contributed by atoms with Crippen LogP contribution in [0.25, 0.3) is 6.08 Å². The molecule has 1 aromatic carbocycles. The number of rotatable bonds is 4. The first-order chi connectivity index (χ1) is 7.63. The van der Waals surface area contributed by atoms with Gasteiger partial charge < -0.3 is 10.6 Å². The third-order valence-corrected chi connectivity index (χ3v) is 2.13. The maximum absolute atomic E-state index is 12.6. The third kappa shape index (κ3) is 3.82. The second kappa shape index (κ2) is 6.02. The molecular weight excluding hydrogens is 207 g/mol. The molecule has 1 rings (SSSR count). The van der Waals surface area contributed by atoms with Gasteiger partial charge in [0.25, 0.3) is 0 Å². The van der Waals surface area contributed by atoms with Crippen molar-refractivity contribution in [3.05, 3.63) is 41.7 Å². The van der Waals surface area contributed by atoms with Gasteiger partial charge in [0, 0.05) is 26.2 Å². The van der Waals surface area contributed by atoms with Gasteiger partial charge in [-0.15, -0.1) is 0 Å². The Labute approximate surface area is 94.4 Å². The maximum atomic E-state index is 12.6. The zero-order valence-electron chi connectivity index (χ0n) is 9.19. The zero-order chi connectivity index (χ0) is 12.0. The molecule has 0 saturated carbocycles. The van der Waals surface area contributed by atoms with Crippen LogP contribution >= 0.6 is 0 Å². The van der Waals surface area contributed by atoms with Crippen molar-refractivity contribution in [1.29, 1.82) is 0 Å². The summed E-state index contributed by atoms with van der Waals surface area (Å²) in [6, 6.07) is 5.94. The molecule has 0 radical (unpaired) electrons. The van der Waals surface area contributed by atoms with Gasteiger partial charge in [0.05, 0.1) is 0 Å². The molecule has 0 bridgehead atoms. The molecule has 0 aliphatic rings. The fourth-order valence-electron chi connectivity index (χ4n) is 1.17. The van der Waals surface area contributed by atoms with Crippen LogP contribution in [0.4, 0.5) is 4.39 Å². The summed E-state index contributed by atoms with van der Waals surface area (Å²) in [5.74, 6) is -0.404. The van der Waals surface area contributed by atoms with Gasteiger partial charge in [-0.25, -0.2) is 4.39 Å². The van der Waals surface area contributed by atoms with E-state index >= 15 is 0 Å². The van der Waals surface area contributed by atoms with E-state index < -0.39 is 0 Å². The van der Waals surface area contributed by atoms with Crippen molar-refractivity contribution in [2.75, 3.05) is 20.1 Å². The topological polar surface area (TPSA) is 46.3 Å². The van der Waals surface area contributed by atoms with Gasteiger partial charge >= 0.3 is 0 Å². The minimum absolute atomic E-state index is 0.116. The Kier molecular flexibility index (Phi) is 4.66. The third-order valence-electron chi connectivity index (χ3n) is 2.13. The minimum atomic E-state index is -0.288. The monoisotopic (exact) mass is 222 g/mol. The Hall–Kier alpha value is -1.68. The van der Waals surface area contributed by atoms with Crippen LogP contribution in [0.3, 0.4) is 0 Å². The average molecular weight is 222 g/mol. The first kappa shape index (κ1) is 12.4. The highest BCUT2D eigenvalue weighted by Crippen LogP contribution is 2.04. The van der Waals surface area contributed by atoms with Crippen LogP contribution in [0.15, 0.2) is 30.3 Å². The van der Waals surface area contributed by atoms with Crippen molar-refractivity contribution < 1.29 is 9.18 Å². The maximum Gasteiger partial charge on any atom is 0.246 e. The number of amides is 1. The van der Waals surface area contributed by atoms with Gasteiger partial charge in [-0.05, 0) is 23.8 Å². The summed E-state index contributed by atoms with van der Waals surface area (Å²) in [7, 11) is 1.68. The summed E-state index contributed by atoms with van der Waals surface area (Å²) in [5, 5.41) is 0. The van der Waals surface area contributed by atoms with Crippen molar-refractivity contribution >= 4 is 12.0 Å². The van der Waals surface area contributed by atoms with Gasteiger partial charge in [-0.1, -0.05) is 12.1 Å². The fourth-order valence-corrected chi connectivity index (χ4v) is 1.17. The molecule has 2 N–H and O–H groups in total. The van der Waals surface area contributed by atoms with Crippen LogP contribution in [0.5, 0.6) is 0 Å². The Morgan fingerprint density at radius 3 is 2.62 bits per heavy atom. The Morgan fingerprint density at radius 1 is 1.44 bits per heavy atom. The van der Waals surface area contributed by atoms with E-state index in [1.165, 1.54) is 23.1 Å². The zero-order valence-corrected chi connectivity index (χ0v) is 9.19. The molecule has 86 valence electrons. The van der Waals surface area contributed by atoms with Crippen LogP contribution in [0.2, 0.25) is 0 Å². The molecule has 1 amide bonds. The molecule has 0 spiro atoms. The number of carbonyl (C=O) groups is 1. The van der Waals surface area contributed by atoms with Crippen LogP contribution in [-0.2, 0) is 4.79 Å². The van der Waals surface area contributed by atoms with E-state index in [9.17, 15) is 9.18 Å². The van der Waals surface area contributed by atoms with E-state index in [0.29, 0.717) is 13.1 Å². The van der Waals surface area contributed by atoms with Gasteiger partial charge in [0.15, 0.2) is 0 Å². The normalized spacial score (nSPS) is 10.7. The predicted molar refractivity (Wildman–Crippen MR) is 62.1 cm³/mol. The highest BCUT2D eigenvalue weighted by molar-refractivity contribution is 5.91. The summed E-state index contributed by atoms with van der Waals surface area (Å²) >= 11 is 0. The van der Waals surface area contributed by atoms with E-state index in [-0.39, 0.29) is 11.7 Å². The molecule has 4 heteroatoms. The second-order valence-electron chi connectivity index (χ2n) is 3.43. The quantitative estimate of drug-likeness (QED) is 0.779. The lowest BCUT2D eigenvalue weighted by Crippen LogP contribution is -2.30. The lowest BCUT2D eigenvalue weighted by atomic mass is 10.2. The number of likely N-dealkylation sites (N-methyl/N-ethyl adjacent to an activating group) is 1. The van der Waals surface area contributed by atoms with Crippen molar-refractivity contribution in [1.82, 2.24) is 4.90 Å². The standard InChI is InChI=1S/C12H15FN2O/c1-15(9-8-14)12(16)7-4-10-2-5-11(13)6-3-10/h2-7H,8-9,14H2,1H3. The summed E-state index contributed by atoms with van der Waals surface area (Å²) in [6.45, 7) is 0.958. The summed E-state index contributed by atoms with van der Waals surface area (Å²) in [5.41, 5.74) is 6.12. The van der Waals surface area contributed by atoms with Crippen molar-refractivity contribution in [2.24, 2.45) is 5.73 Å². The number of hydrogen-bond acceptors (Lipinski definition) is 2. The van der Waals surface area contributed by atoms with Gasteiger partial charge in [-0.2, -0.15) is 0 Å². The Balaban J connectivity index is 2.59. The summed E-state index contributed by atoms with van der Waals surface area (Å²) in [6.07, 6.45) is 3.09. The summed E-state index contributed by atoms with van der Waals surface area (Å²) < 4.78 is 12.6. The first-order valence-electron chi connectivity index (χ1n) is 5.02. The van der Waals surface area contributed by atoms with Crippen molar-refractivity contribution in [2.45, 2.75) is 0 Å².